The van der Waals surface area contributed by atoms with Gasteiger partial charge in [0.1, 0.15) is 0 Å². The predicted octanol–water partition coefficient (Wildman–Crippen LogP) is 1.64. The second kappa shape index (κ2) is 5.35. The van der Waals surface area contributed by atoms with Gasteiger partial charge in [-0.1, -0.05) is 17.7 Å². The van der Waals surface area contributed by atoms with Crippen LogP contribution in [0.1, 0.15) is 18.9 Å². The van der Waals surface area contributed by atoms with Gasteiger partial charge in [-0.05, 0) is 32.4 Å². The fourth-order valence-electron chi connectivity index (χ4n) is 3.29. The third-order valence-electron chi connectivity index (χ3n) is 4.62. The molecule has 1 aromatic carbocycles. The van der Waals surface area contributed by atoms with E-state index in [-0.39, 0.29) is 12.0 Å². The lowest BCUT2D eigenvalue weighted by Crippen LogP contribution is -2.52. The molecule has 6 heteroatoms. The molecule has 0 spiro atoms. The van der Waals surface area contributed by atoms with Gasteiger partial charge in [0, 0.05) is 31.6 Å². The third-order valence-corrected chi connectivity index (χ3v) is 6.61. The number of benzene rings is 1. The lowest BCUT2D eigenvalue weighted by Gasteiger charge is -2.39. The Balaban J connectivity index is 1.87. The second-order valence-electron chi connectivity index (χ2n) is 6.14. The van der Waals surface area contributed by atoms with Crippen LogP contribution >= 0.6 is 0 Å². The zero-order valence-corrected chi connectivity index (χ0v) is 13.5. The van der Waals surface area contributed by atoms with Crippen molar-refractivity contribution in [1.82, 2.24) is 9.37 Å². The molecule has 0 aromatic heterocycles. The molecule has 0 aliphatic carbocycles. The monoisotopic (exact) mass is 310 g/mol. The standard InChI is InChI=1S/C15H22N2O3S/c1-11-4-6-14(7-5-11)21(18,19)17-9-13-10-20-16(3)15(13)8-12(17)2/h4-7,12-13,15H,8-10H2,1-3H3/t12-,13-,15-/m0/s1. The molecular formula is C15H22N2O3S. The predicted molar refractivity (Wildman–Crippen MR) is 80.1 cm³/mol. The molecule has 2 fully saturated rings. The molecule has 5 nitrogen and oxygen atoms in total. The van der Waals surface area contributed by atoms with Crippen LogP contribution in [0.2, 0.25) is 0 Å². The number of fused-ring (bicyclic) bond motifs is 1. The molecule has 116 valence electrons. The van der Waals surface area contributed by atoms with Crippen LogP contribution in [0.4, 0.5) is 0 Å². The minimum absolute atomic E-state index is 0.0123. The first-order chi connectivity index (χ1) is 9.89. The van der Waals surface area contributed by atoms with E-state index in [0.717, 1.165) is 12.0 Å². The molecule has 2 heterocycles. The van der Waals surface area contributed by atoms with Gasteiger partial charge in [-0.15, -0.1) is 0 Å². The fourth-order valence-corrected chi connectivity index (χ4v) is 4.99. The SMILES string of the molecule is Cc1ccc(S(=O)(=O)N2C[C@H]3CON(C)[C@H]3C[C@@H]2C)cc1. The molecule has 2 saturated heterocycles. The van der Waals surface area contributed by atoms with Crippen molar-refractivity contribution >= 4 is 10.0 Å². The van der Waals surface area contributed by atoms with E-state index in [4.69, 9.17) is 4.84 Å². The first-order valence-electron chi connectivity index (χ1n) is 7.34. The highest BCUT2D eigenvalue weighted by Crippen LogP contribution is 2.34. The van der Waals surface area contributed by atoms with E-state index in [0.29, 0.717) is 24.1 Å². The number of nitrogens with zero attached hydrogens (tertiary/aromatic N) is 2. The summed E-state index contributed by atoms with van der Waals surface area (Å²) in [5.74, 6) is 0.256. The van der Waals surface area contributed by atoms with Gasteiger partial charge in [-0.3, -0.25) is 4.84 Å². The van der Waals surface area contributed by atoms with E-state index >= 15 is 0 Å². The molecule has 0 N–H and O–H groups in total. The first kappa shape index (κ1) is 15.0. The van der Waals surface area contributed by atoms with Gasteiger partial charge in [-0.2, -0.15) is 9.37 Å². The Morgan fingerprint density at radius 1 is 1.24 bits per heavy atom. The summed E-state index contributed by atoms with van der Waals surface area (Å²) in [5.41, 5.74) is 1.06. The number of sulfonamides is 1. The summed E-state index contributed by atoms with van der Waals surface area (Å²) in [5, 5.41) is 1.89. The van der Waals surface area contributed by atoms with Crippen LogP contribution in [0.15, 0.2) is 29.2 Å². The Hall–Kier alpha value is -0.950. The molecular weight excluding hydrogens is 288 g/mol. The van der Waals surface area contributed by atoms with Crippen LogP contribution in [-0.4, -0.2) is 50.1 Å². The molecule has 3 atom stereocenters. The number of hydrogen-bond donors (Lipinski definition) is 0. The zero-order chi connectivity index (χ0) is 15.2. The van der Waals surface area contributed by atoms with Gasteiger partial charge in [0.15, 0.2) is 0 Å². The quantitative estimate of drug-likeness (QED) is 0.833. The summed E-state index contributed by atoms with van der Waals surface area (Å²) in [6.07, 6.45) is 0.812. The van der Waals surface area contributed by atoms with Gasteiger partial charge >= 0.3 is 0 Å². The van der Waals surface area contributed by atoms with Gasteiger partial charge in [-0.25, -0.2) is 8.42 Å². The Kier molecular flexibility index (Phi) is 3.81. The highest BCUT2D eigenvalue weighted by atomic mass is 32.2. The number of aryl methyl sites for hydroxylation is 1. The average Bonchev–Trinajstić information content (AvgIpc) is 2.79. The van der Waals surface area contributed by atoms with Crippen molar-refractivity contribution in [3.05, 3.63) is 29.8 Å². The van der Waals surface area contributed by atoms with Crippen molar-refractivity contribution in [2.24, 2.45) is 5.92 Å². The normalized spacial score (nSPS) is 31.3. The van der Waals surface area contributed by atoms with Gasteiger partial charge < -0.3 is 0 Å². The topological polar surface area (TPSA) is 49.9 Å². The largest absolute Gasteiger partial charge is 0.299 e. The zero-order valence-electron chi connectivity index (χ0n) is 12.7. The maximum Gasteiger partial charge on any atom is 0.243 e. The van der Waals surface area contributed by atoms with Crippen molar-refractivity contribution in [1.29, 1.82) is 0 Å². The minimum atomic E-state index is -3.42. The lowest BCUT2D eigenvalue weighted by atomic mass is 9.91. The maximum absolute atomic E-state index is 12.9. The molecule has 2 aliphatic rings. The Bertz CT molecular complexity index is 614. The van der Waals surface area contributed by atoms with Gasteiger partial charge in [0.2, 0.25) is 10.0 Å². The molecule has 0 bridgehead atoms. The Labute approximate surface area is 126 Å². The minimum Gasteiger partial charge on any atom is -0.299 e. The van der Waals surface area contributed by atoms with Crippen molar-refractivity contribution in [3.8, 4) is 0 Å². The van der Waals surface area contributed by atoms with Crippen LogP contribution in [0, 0.1) is 12.8 Å². The smallest absolute Gasteiger partial charge is 0.243 e. The van der Waals surface area contributed by atoms with E-state index in [1.54, 1.807) is 16.4 Å². The molecule has 21 heavy (non-hydrogen) atoms. The molecule has 3 rings (SSSR count). The van der Waals surface area contributed by atoms with Crippen LogP contribution in [0.25, 0.3) is 0 Å². The van der Waals surface area contributed by atoms with E-state index in [1.165, 1.54) is 0 Å². The molecule has 0 radical (unpaired) electrons. The van der Waals surface area contributed by atoms with Crippen molar-refractivity contribution in [3.63, 3.8) is 0 Å². The molecule has 1 aromatic rings. The number of piperidine rings is 1. The second-order valence-corrected chi connectivity index (χ2v) is 8.03. The van der Waals surface area contributed by atoms with Crippen molar-refractivity contribution in [2.45, 2.75) is 37.2 Å². The van der Waals surface area contributed by atoms with E-state index in [1.807, 2.05) is 38.1 Å². The van der Waals surface area contributed by atoms with Crippen LogP contribution in [0.3, 0.4) is 0 Å². The van der Waals surface area contributed by atoms with Crippen LogP contribution < -0.4 is 0 Å². The molecule has 0 unspecified atom stereocenters. The first-order valence-corrected chi connectivity index (χ1v) is 8.78. The maximum atomic E-state index is 12.9. The molecule has 0 saturated carbocycles. The summed E-state index contributed by atoms with van der Waals surface area (Å²) in [7, 11) is -1.49. The fraction of sp³-hybridized carbons (Fsp3) is 0.600. The third kappa shape index (κ3) is 2.61. The lowest BCUT2D eigenvalue weighted by molar-refractivity contribution is -0.112. The van der Waals surface area contributed by atoms with E-state index in [9.17, 15) is 8.42 Å². The Morgan fingerprint density at radius 3 is 2.57 bits per heavy atom. The van der Waals surface area contributed by atoms with Crippen molar-refractivity contribution in [2.75, 3.05) is 20.2 Å². The molecule has 0 amide bonds. The van der Waals surface area contributed by atoms with Crippen molar-refractivity contribution < 1.29 is 13.3 Å². The molecule has 2 aliphatic heterocycles. The highest BCUT2D eigenvalue weighted by Gasteiger charge is 2.44. The Morgan fingerprint density at radius 2 is 1.90 bits per heavy atom. The van der Waals surface area contributed by atoms with E-state index < -0.39 is 10.0 Å². The van der Waals surface area contributed by atoms with Crippen LogP contribution in [0.5, 0.6) is 0 Å². The summed E-state index contributed by atoms with van der Waals surface area (Å²) < 4.78 is 27.3. The number of hydroxylamine groups is 2. The van der Waals surface area contributed by atoms with Gasteiger partial charge in [0.25, 0.3) is 0 Å². The summed E-state index contributed by atoms with van der Waals surface area (Å²) in [6.45, 7) is 5.07. The summed E-state index contributed by atoms with van der Waals surface area (Å²) >= 11 is 0. The van der Waals surface area contributed by atoms with E-state index in [2.05, 4.69) is 0 Å². The number of rotatable bonds is 2. The average molecular weight is 310 g/mol. The highest BCUT2D eigenvalue weighted by molar-refractivity contribution is 7.89. The summed E-state index contributed by atoms with van der Waals surface area (Å²) in [6, 6.07) is 7.39. The van der Waals surface area contributed by atoms with Crippen LogP contribution in [-0.2, 0) is 14.9 Å². The summed E-state index contributed by atoms with van der Waals surface area (Å²) in [4.78, 5) is 5.92. The van der Waals surface area contributed by atoms with Gasteiger partial charge in [0.05, 0.1) is 11.5 Å². The number of hydrogen-bond acceptors (Lipinski definition) is 4.